The fourth-order valence-corrected chi connectivity index (χ4v) is 16.3. The van der Waals surface area contributed by atoms with Gasteiger partial charge in [0.05, 0.1) is 22.4 Å². The maximum Gasteiger partial charge on any atom is 0.252 e. The minimum Gasteiger partial charge on any atom is -0.310 e. The van der Waals surface area contributed by atoms with Crippen molar-refractivity contribution < 1.29 is 0 Å². The van der Waals surface area contributed by atoms with Gasteiger partial charge in [0, 0.05) is 60.6 Å². The molecule has 5 heterocycles. The molecular formula is C98H115BN4. The van der Waals surface area contributed by atoms with E-state index < -0.39 is 0 Å². The lowest BCUT2D eigenvalue weighted by Crippen LogP contribution is -2.59. The molecule has 0 amide bonds. The smallest absolute Gasteiger partial charge is 0.252 e. The monoisotopic (exact) mass is 1360 g/mol. The molecule has 0 unspecified atom stereocenters. The summed E-state index contributed by atoms with van der Waals surface area (Å²) in [6.07, 6.45) is 0. The molecule has 4 nitrogen and oxygen atoms in total. The van der Waals surface area contributed by atoms with Gasteiger partial charge in [-0.3, -0.25) is 0 Å². The van der Waals surface area contributed by atoms with Gasteiger partial charge < -0.3 is 9.13 Å². The fraction of sp³-hybridized carbons (Fsp3) is 0.408. The van der Waals surface area contributed by atoms with Crippen LogP contribution in [-0.4, -0.2) is 25.8 Å². The average Bonchev–Trinajstić information content (AvgIpc) is 1.53. The summed E-state index contributed by atoms with van der Waals surface area (Å²) in [6.45, 7) is 70.7. The van der Waals surface area contributed by atoms with Gasteiger partial charge in [0.1, 0.15) is 0 Å². The van der Waals surface area contributed by atoms with E-state index >= 15 is 0 Å². The molecular weight excluding hydrogens is 1240 g/mol. The highest BCUT2D eigenvalue weighted by Crippen LogP contribution is 2.50. The van der Waals surface area contributed by atoms with E-state index in [4.69, 9.17) is 9.97 Å². The minimum absolute atomic E-state index is 0.00685. The number of hydrogen-bond acceptors (Lipinski definition) is 2. The Labute approximate surface area is 618 Å². The molecule has 530 valence electrons. The zero-order valence-electron chi connectivity index (χ0n) is 68.3. The Morgan fingerprint density at radius 2 is 0.553 bits per heavy atom. The molecule has 5 heteroatoms. The van der Waals surface area contributed by atoms with Crippen molar-refractivity contribution in [1.29, 1.82) is 0 Å². The molecule has 103 heavy (non-hydrogen) atoms. The van der Waals surface area contributed by atoms with Crippen molar-refractivity contribution in [2.75, 3.05) is 0 Å². The van der Waals surface area contributed by atoms with E-state index in [0.29, 0.717) is 0 Å². The molecule has 0 radical (unpaired) electrons. The lowest BCUT2D eigenvalue weighted by atomic mass is 9.34. The van der Waals surface area contributed by atoms with Crippen molar-refractivity contribution in [3.05, 3.63) is 207 Å². The fourth-order valence-electron chi connectivity index (χ4n) is 16.3. The first-order valence-corrected chi connectivity index (χ1v) is 38.3. The molecule has 2 aliphatic rings. The van der Waals surface area contributed by atoms with Gasteiger partial charge in [-0.05, 0) is 215 Å². The normalized spacial score (nSPS) is 14.1. The van der Waals surface area contributed by atoms with Crippen molar-refractivity contribution in [3.63, 3.8) is 0 Å². The maximum atomic E-state index is 6.02. The van der Waals surface area contributed by atoms with E-state index in [-0.39, 0.29) is 60.9 Å². The molecule has 0 atom stereocenters. The molecule has 9 aromatic carbocycles. The Morgan fingerprint density at radius 1 is 0.252 bits per heavy atom. The molecule has 0 fully saturated rings. The van der Waals surface area contributed by atoms with E-state index in [2.05, 4.69) is 369 Å². The second-order valence-corrected chi connectivity index (χ2v) is 41.5. The molecule has 0 spiro atoms. The van der Waals surface area contributed by atoms with Crippen molar-refractivity contribution in [2.45, 2.75) is 262 Å². The lowest BCUT2D eigenvalue weighted by molar-refractivity contribution is 0.568. The van der Waals surface area contributed by atoms with Crippen LogP contribution in [0.4, 0.5) is 0 Å². The highest BCUT2D eigenvalue weighted by atomic mass is 15.0. The Kier molecular flexibility index (Phi) is 16.1. The van der Waals surface area contributed by atoms with Gasteiger partial charge in [0.15, 0.2) is 5.82 Å². The SMILES string of the molecule is CC(C)(C)c1ccc(-c2cc3c4c(c2)c2c(C(C)(C)C)cc(C(C)(C)C)cc2n4-c2cc(-c4cc(-c5cc(C(C)(C)C)cc(C(C)(C)C)c5)nc(-c5cc(C(C)(C)C)cc(C(C)(C)C)c5)n4)cc4c2B3c2cc(-c3ccc(C(C)(C)C)cc3)cc3c5c(C(C)(C)C)cc(C(C)(C)C)cc5n-4c23)cc1. The van der Waals surface area contributed by atoms with Gasteiger partial charge in [-0.25, -0.2) is 9.97 Å². The summed E-state index contributed by atoms with van der Waals surface area (Å²) < 4.78 is 5.49. The topological polar surface area (TPSA) is 35.6 Å². The third kappa shape index (κ3) is 12.4. The summed E-state index contributed by atoms with van der Waals surface area (Å²) >= 11 is 0. The number of aromatic nitrogens is 4. The molecule has 3 aromatic heterocycles. The summed E-state index contributed by atoms with van der Waals surface area (Å²) in [4.78, 5) is 11.9. The Morgan fingerprint density at radius 3 is 0.864 bits per heavy atom. The first-order chi connectivity index (χ1) is 47.3. The average molecular weight is 1360 g/mol. The van der Waals surface area contributed by atoms with Gasteiger partial charge in [-0.1, -0.05) is 293 Å². The number of hydrogen-bond donors (Lipinski definition) is 0. The second-order valence-electron chi connectivity index (χ2n) is 41.5. The highest BCUT2D eigenvalue weighted by Gasteiger charge is 2.44. The van der Waals surface area contributed by atoms with Crippen LogP contribution in [0.2, 0.25) is 0 Å². The quantitative estimate of drug-likeness (QED) is 0.161. The molecule has 0 bridgehead atoms. The second kappa shape index (κ2) is 23.1. The molecule has 0 aliphatic carbocycles. The van der Waals surface area contributed by atoms with Crippen LogP contribution in [0.15, 0.2) is 152 Å². The number of nitrogens with zero attached hydrogens (tertiary/aromatic N) is 4. The maximum absolute atomic E-state index is 6.02. The van der Waals surface area contributed by atoms with Gasteiger partial charge in [0.2, 0.25) is 0 Å². The predicted octanol–water partition coefficient (Wildman–Crippen LogP) is 25.1. The van der Waals surface area contributed by atoms with Gasteiger partial charge >= 0.3 is 0 Å². The van der Waals surface area contributed by atoms with Crippen LogP contribution in [-0.2, 0) is 54.1 Å². The van der Waals surface area contributed by atoms with Gasteiger partial charge in [-0.2, -0.15) is 0 Å². The minimum atomic E-state index is -0.210. The third-order valence-electron chi connectivity index (χ3n) is 22.9. The third-order valence-corrected chi connectivity index (χ3v) is 22.9. The summed E-state index contributed by atoms with van der Waals surface area (Å²) in [5.74, 6) is 0.727. The molecule has 0 saturated heterocycles. The molecule has 14 rings (SSSR count). The van der Waals surface area contributed by atoms with E-state index in [1.807, 2.05) is 0 Å². The van der Waals surface area contributed by atoms with Crippen molar-refractivity contribution in [2.24, 2.45) is 0 Å². The standard InChI is InChI=1S/C98H115BN4/c1-89(2,3)63-35-31-56(32-36-63)58-43-71-83-73(97(25,26)27)51-69(95(19,20)21)53-79(83)102-81-47-61(78-55-77(60-39-65(91(7,8)9)49-66(40-60)92(10,11)12)100-88(101-78)62-41-67(93(13,14)15)50-68(42-62)94(16,17)18)48-82-85(81)99(75(45-58)86(71)102)76-46-59(57-33-37-64(38-34-57)90(4,5)6)44-72-84-74(98(28,29)30)52-70(96(22,23)24)54-80(84)103(82)87(72)76/h31-55H,1-30H3. The summed E-state index contributed by atoms with van der Waals surface area (Å²) in [5.41, 5.74) is 33.3. The number of fused-ring (bicyclic) bond motifs is 10. The number of benzene rings is 9. The predicted molar refractivity (Wildman–Crippen MR) is 450 cm³/mol. The first-order valence-electron chi connectivity index (χ1n) is 38.3. The van der Waals surface area contributed by atoms with Crippen LogP contribution in [0.3, 0.4) is 0 Å². The summed E-state index contributed by atoms with van der Waals surface area (Å²) in [6, 6.07) is 61.6. The zero-order chi connectivity index (χ0) is 74.9. The van der Waals surface area contributed by atoms with Crippen molar-refractivity contribution >= 4 is 66.7 Å². The van der Waals surface area contributed by atoms with Crippen LogP contribution < -0.4 is 16.4 Å². The van der Waals surface area contributed by atoms with Crippen LogP contribution in [0.25, 0.3) is 111 Å². The van der Waals surface area contributed by atoms with Crippen LogP contribution >= 0.6 is 0 Å². The van der Waals surface area contributed by atoms with Crippen molar-refractivity contribution in [3.8, 4) is 67.5 Å². The first kappa shape index (κ1) is 71.7. The Bertz CT molecular complexity index is 5090. The van der Waals surface area contributed by atoms with Crippen LogP contribution in [0, 0.1) is 0 Å². The molecule has 12 aromatic rings. The summed E-state index contributed by atoms with van der Waals surface area (Å²) in [5, 5.41) is 5.23. The van der Waals surface area contributed by atoms with E-state index in [0.717, 1.165) is 33.9 Å². The summed E-state index contributed by atoms with van der Waals surface area (Å²) in [7, 11) is 0. The lowest BCUT2D eigenvalue weighted by Gasteiger charge is -2.35. The Balaban J connectivity index is 1.22. The van der Waals surface area contributed by atoms with E-state index in [1.54, 1.807) is 0 Å². The van der Waals surface area contributed by atoms with E-state index in [1.165, 1.54) is 149 Å². The van der Waals surface area contributed by atoms with Crippen LogP contribution in [0.5, 0.6) is 0 Å². The van der Waals surface area contributed by atoms with Crippen molar-refractivity contribution in [1.82, 2.24) is 19.1 Å². The van der Waals surface area contributed by atoms with Gasteiger partial charge in [0.25, 0.3) is 6.71 Å². The van der Waals surface area contributed by atoms with Gasteiger partial charge in [-0.15, -0.1) is 0 Å². The zero-order valence-corrected chi connectivity index (χ0v) is 68.3. The molecule has 2 aliphatic heterocycles. The number of rotatable bonds is 5. The molecule has 0 saturated carbocycles. The Hall–Kier alpha value is -8.28. The van der Waals surface area contributed by atoms with E-state index in [9.17, 15) is 0 Å². The van der Waals surface area contributed by atoms with Crippen LogP contribution in [0.1, 0.15) is 263 Å². The molecule has 0 N–H and O–H groups in total. The highest BCUT2D eigenvalue weighted by molar-refractivity contribution is 7.00. The largest absolute Gasteiger partial charge is 0.310 e.